The summed E-state index contributed by atoms with van der Waals surface area (Å²) in [7, 11) is 0. The molecule has 2 aliphatic heterocycles. The Labute approximate surface area is 189 Å². The van der Waals surface area contributed by atoms with Gasteiger partial charge in [-0.05, 0) is 67.1 Å². The van der Waals surface area contributed by atoms with E-state index in [2.05, 4.69) is 41.4 Å². The largest absolute Gasteiger partial charge is 0.350 e. The highest BCUT2D eigenvalue weighted by atomic mass is 32.1. The fraction of sp³-hybridized carbons (Fsp3) is 0.520. The number of amides is 2. The fourth-order valence-corrected chi connectivity index (χ4v) is 5.43. The molecule has 1 aromatic carbocycles. The molecule has 2 aliphatic rings. The number of hydrogen-bond donors (Lipinski definition) is 1. The highest BCUT2D eigenvalue weighted by Crippen LogP contribution is 2.22. The van der Waals surface area contributed by atoms with E-state index in [-0.39, 0.29) is 17.9 Å². The van der Waals surface area contributed by atoms with Crippen LogP contribution in [0.25, 0.3) is 0 Å². The molecule has 0 bridgehead atoms. The molecule has 2 fully saturated rings. The van der Waals surface area contributed by atoms with E-state index in [1.54, 1.807) is 4.90 Å². The molecule has 2 saturated heterocycles. The molecule has 2 unspecified atom stereocenters. The SMILES string of the molecule is CC1CCCN(Cc2ccc(CNC(=O)C3CCCCN3C(=O)c3cccs3)cc2)C1. The van der Waals surface area contributed by atoms with Crippen molar-refractivity contribution in [1.82, 2.24) is 15.1 Å². The van der Waals surface area contributed by atoms with Gasteiger partial charge >= 0.3 is 0 Å². The number of likely N-dealkylation sites (tertiary alicyclic amines) is 2. The van der Waals surface area contributed by atoms with Gasteiger partial charge in [0.1, 0.15) is 6.04 Å². The van der Waals surface area contributed by atoms with Crippen molar-refractivity contribution < 1.29 is 9.59 Å². The van der Waals surface area contributed by atoms with E-state index in [1.807, 2.05) is 17.5 Å². The van der Waals surface area contributed by atoms with E-state index in [9.17, 15) is 9.59 Å². The predicted octanol–water partition coefficient (Wildman–Crippen LogP) is 4.29. The molecule has 2 amide bonds. The van der Waals surface area contributed by atoms with Crippen molar-refractivity contribution in [3.8, 4) is 0 Å². The van der Waals surface area contributed by atoms with Gasteiger partial charge in [-0.25, -0.2) is 0 Å². The second-order valence-corrected chi connectivity index (χ2v) is 9.95. The number of carbonyl (C=O) groups is 2. The zero-order valence-electron chi connectivity index (χ0n) is 18.4. The summed E-state index contributed by atoms with van der Waals surface area (Å²) in [6, 6.07) is 11.9. The van der Waals surface area contributed by atoms with Crippen LogP contribution in [0.3, 0.4) is 0 Å². The van der Waals surface area contributed by atoms with E-state index < -0.39 is 0 Å². The molecule has 5 nitrogen and oxygen atoms in total. The van der Waals surface area contributed by atoms with Crippen LogP contribution in [0.15, 0.2) is 41.8 Å². The third-order valence-electron chi connectivity index (χ3n) is 6.44. The molecular weight excluding hydrogens is 406 g/mol. The van der Waals surface area contributed by atoms with Gasteiger partial charge in [-0.2, -0.15) is 0 Å². The summed E-state index contributed by atoms with van der Waals surface area (Å²) in [5.41, 5.74) is 2.42. The van der Waals surface area contributed by atoms with Crippen LogP contribution in [0.1, 0.15) is 59.8 Å². The third-order valence-corrected chi connectivity index (χ3v) is 7.29. The Kier molecular flexibility index (Phi) is 7.41. The van der Waals surface area contributed by atoms with E-state index >= 15 is 0 Å². The van der Waals surface area contributed by atoms with E-state index in [0.29, 0.717) is 18.0 Å². The van der Waals surface area contributed by atoms with Gasteiger partial charge in [-0.3, -0.25) is 14.5 Å². The summed E-state index contributed by atoms with van der Waals surface area (Å²) >= 11 is 1.44. The van der Waals surface area contributed by atoms with Gasteiger partial charge in [-0.1, -0.05) is 37.3 Å². The summed E-state index contributed by atoms with van der Waals surface area (Å²) in [6.07, 6.45) is 5.30. The summed E-state index contributed by atoms with van der Waals surface area (Å²) < 4.78 is 0. The molecule has 2 atom stereocenters. The van der Waals surface area contributed by atoms with Crippen molar-refractivity contribution in [2.45, 2.75) is 58.2 Å². The Hall–Kier alpha value is -2.18. The molecule has 31 heavy (non-hydrogen) atoms. The Morgan fingerprint density at radius 2 is 1.84 bits per heavy atom. The van der Waals surface area contributed by atoms with Gasteiger partial charge in [0.15, 0.2) is 0 Å². The van der Waals surface area contributed by atoms with Gasteiger partial charge in [0, 0.05) is 26.2 Å². The van der Waals surface area contributed by atoms with Crippen molar-refractivity contribution in [2.24, 2.45) is 5.92 Å². The molecular formula is C25H33N3O2S. The average molecular weight is 440 g/mol. The van der Waals surface area contributed by atoms with Crippen LogP contribution in [0.5, 0.6) is 0 Å². The Morgan fingerprint density at radius 3 is 2.58 bits per heavy atom. The maximum atomic E-state index is 12.9. The quantitative estimate of drug-likeness (QED) is 0.730. The lowest BCUT2D eigenvalue weighted by atomic mass is 9.99. The van der Waals surface area contributed by atoms with Crippen molar-refractivity contribution in [1.29, 1.82) is 0 Å². The number of hydrogen-bond acceptors (Lipinski definition) is 4. The fourth-order valence-electron chi connectivity index (χ4n) is 4.75. The topological polar surface area (TPSA) is 52.7 Å². The minimum absolute atomic E-state index is 0.0220. The molecule has 6 heteroatoms. The van der Waals surface area contributed by atoms with Gasteiger partial charge in [-0.15, -0.1) is 11.3 Å². The van der Waals surface area contributed by atoms with Crippen molar-refractivity contribution >= 4 is 23.2 Å². The van der Waals surface area contributed by atoms with Gasteiger partial charge in [0.05, 0.1) is 4.88 Å². The first-order chi connectivity index (χ1) is 15.1. The Balaban J connectivity index is 1.30. The number of carbonyl (C=O) groups excluding carboxylic acids is 2. The van der Waals surface area contributed by atoms with Crippen molar-refractivity contribution in [3.05, 3.63) is 57.8 Å². The maximum Gasteiger partial charge on any atom is 0.264 e. The molecule has 1 aromatic heterocycles. The average Bonchev–Trinajstić information content (AvgIpc) is 3.33. The number of piperidine rings is 2. The normalized spacial score (nSPS) is 22.3. The summed E-state index contributed by atoms with van der Waals surface area (Å²) in [5, 5.41) is 4.97. The van der Waals surface area contributed by atoms with Crippen LogP contribution < -0.4 is 5.32 Å². The summed E-state index contributed by atoms with van der Waals surface area (Å²) in [6.45, 7) is 6.85. The Bertz CT molecular complexity index is 865. The van der Waals surface area contributed by atoms with E-state index in [0.717, 1.165) is 37.3 Å². The van der Waals surface area contributed by atoms with Gasteiger partial charge < -0.3 is 10.2 Å². The second kappa shape index (κ2) is 10.4. The zero-order valence-corrected chi connectivity index (χ0v) is 19.2. The molecule has 0 radical (unpaired) electrons. The van der Waals surface area contributed by atoms with Crippen LogP contribution >= 0.6 is 11.3 Å². The number of thiophene rings is 1. The number of nitrogens with zero attached hydrogens (tertiary/aromatic N) is 2. The van der Waals surface area contributed by atoms with E-state index in [4.69, 9.17) is 0 Å². The van der Waals surface area contributed by atoms with Crippen LogP contribution in [-0.4, -0.2) is 47.3 Å². The molecule has 0 aliphatic carbocycles. The van der Waals surface area contributed by atoms with Gasteiger partial charge in [0.2, 0.25) is 5.91 Å². The molecule has 2 aromatic rings. The molecule has 4 rings (SSSR count). The first kappa shape index (κ1) is 22.0. The summed E-state index contributed by atoms with van der Waals surface area (Å²) in [5.74, 6) is 0.719. The van der Waals surface area contributed by atoms with E-state index in [1.165, 1.54) is 42.8 Å². The molecule has 1 N–H and O–H groups in total. The van der Waals surface area contributed by atoms with Crippen LogP contribution in [0.2, 0.25) is 0 Å². The lowest BCUT2D eigenvalue weighted by Crippen LogP contribution is -2.51. The zero-order chi connectivity index (χ0) is 21.6. The van der Waals surface area contributed by atoms with Crippen LogP contribution in [-0.2, 0) is 17.9 Å². The molecule has 3 heterocycles. The highest BCUT2D eigenvalue weighted by Gasteiger charge is 2.32. The monoisotopic (exact) mass is 439 g/mol. The van der Waals surface area contributed by atoms with Crippen molar-refractivity contribution in [3.63, 3.8) is 0 Å². The minimum Gasteiger partial charge on any atom is -0.350 e. The maximum absolute atomic E-state index is 12.9. The van der Waals surface area contributed by atoms with Crippen LogP contribution in [0, 0.1) is 5.92 Å². The second-order valence-electron chi connectivity index (χ2n) is 9.00. The smallest absolute Gasteiger partial charge is 0.264 e. The van der Waals surface area contributed by atoms with Crippen LogP contribution in [0.4, 0.5) is 0 Å². The first-order valence-electron chi connectivity index (χ1n) is 11.5. The molecule has 0 saturated carbocycles. The lowest BCUT2D eigenvalue weighted by molar-refractivity contribution is -0.126. The predicted molar refractivity (Wildman–Crippen MR) is 125 cm³/mol. The first-order valence-corrected chi connectivity index (χ1v) is 12.4. The van der Waals surface area contributed by atoms with Crippen molar-refractivity contribution in [2.75, 3.05) is 19.6 Å². The molecule has 0 spiro atoms. The third kappa shape index (κ3) is 5.74. The minimum atomic E-state index is -0.372. The lowest BCUT2D eigenvalue weighted by Gasteiger charge is -2.34. The summed E-state index contributed by atoms with van der Waals surface area (Å²) in [4.78, 5) is 30.7. The molecule has 166 valence electrons. The number of nitrogens with one attached hydrogen (secondary N) is 1. The number of benzene rings is 1. The highest BCUT2D eigenvalue weighted by molar-refractivity contribution is 7.12. The number of rotatable bonds is 6. The van der Waals surface area contributed by atoms with Gasteiger partial charge in [0.25, 0.3) is 5.91 Å². The Morgan fingerprint density at radius 1 is 1.03 bits per heavy atom. The standard InChI is InChI=1S/C25H33N3O2S/c1-19-6-4-13-27(17-19)18-21-11-9-20(10-12-21)16-26-24(29)22-7-2-3-14-28(22)25(30)23-8-5-15-31-23/h5,8-12,15,19,22H,2-4,6-7,13-14,16-18H2,1H3,(H,26,29).